The summed E-state index contributed by atoms with van der Waals surface area (Å²) in [6, 6.07) is -0.884. The Balaban J connectivity index is 4.17. The number of rotatable bonds is 8. The molecule has 0 spiro atoms. The third kappa shape index (κ3) is 13.1. The van der Waals surface area contributed by atoms with Gasteiger partial charge in [-0.05, 0) is 45.1 Å². The molecule has 0 aliphatic rings. The number of carbonyl (C=O) groups is 2. The lowest BCUT2D eigenvalue weighted by Gasteiger charge is -2.22. The van der Waals surface area contributed by atoms with Gasteiger partial charge in [0.05, 0.1) is 7.11 Å². The Bertz CT molecular complexity index is 383. The summed E-state index contributed by atoms with van der Waals surface area (Å²) in [4.78, 5) is 23.3. The molecule has 0 aromatic carbocycles. The van der Waals surface area contributed by atoms with E-state index in [1.54, 1.807) is 20.8 Å². The maximum Gasteiger partial charge on any atom is 0.408 e. The van der Waals surface area contributed by atoms with Gasteiger partial charge in [0.2, 0.25) is 0 Å². The number of alkyl carbamates (subject to hydrolysis) is 1. The average Bonchev–Trinajstić information content (AvgIpc) is 2.37. The number of ether oxygens (including phenoxy) is 2. The van der Waals surface area contributed by atoms with Crippen molar-refractivity contribution in [3.05, 3.63) is 0 Å². The van der Waals surface area contributed by atoms with E-state index in [1.165, 1.54) is 18.9 Å². The number of amides is 1. The van der Waals surface area contributed by atoms with Gasteiger partial charge < -0.3 is 14.8 Å². The Labute approximate surface area is 138 Å². The van der Waals surface area contributed by atoms with E-state index in [-0.39, 0.29) is 12.8 Å². The Morgan fingerprint density at radius 3 is 2.26 bits per heavy atom. The fourth-order valence-corrected chi connectivity index (χ4v) is 2.47. The summed E-state index contributed by atoms with van der Waals surface area (Å²) in [5.74, 6) is 0.138. The lowest BCUT2D eigenvalue weighted by atomic mass is 10.2. The van der Waals surface area contributed by atoms with Crippen molar-refractivity contribution in [3.8, 4) is 0 Å². The van der Waals surface area contributed by atoms with Crippen LogP contribution in [0.2, 0.25) is 0 Å². The molecule has 5 nitrogen and oxygen atoms in total. The van der Waals surface area contributed by atoms with E-state index in [0.29, 0.717) is 11.5 Å². The monoisotopic (exact) mass is 359 g/mol. The number of methoxy groups -OCH3 is 1. The van der Waals surface area contributed by atoms with Crippen LogP contribution >= 0.6 is 11.8 Å². The summed E-state index contributed by atoms with van der Waals surface area (Å²) < 4.78 is 45.6. The molecule has 0 fully saturated rings. The number of thioether (sulfide) groups is 1. The third-order valence-corrected chi connectivity index (χ3v) is 3.58. The number of carbonyl (C=O) groups excluding carboxylic acids is 2. The van der Waals surface area contributed by atoms with Crippen LogP contribution in [-0.2, 0) is 14.3 Å². The largest absolute Gasteiger partial charge is 0.467 e. The number of hydrogen-bond acceptors (Lipinski definition) is 5. The molecule has 9 heteroatoms. The maximum atomic E-state index is 12.0. The zero-order valence-corrected chi connectivity index (χ0v) is 14.6. The van der Waals surface area contributed by atoms with Gasteiger partial charge in [-0.1, -0.05) is 0 Å². The molecule has 1 atom stereocenters. The number of halogens is 3. The van der Waals surface area contributed by atoms with Gasteiger partial charge in [-0.25, -0.2) is 9.59 Å². The SMILES string of the molecule is COC(=O)[C@H](CCSCCCC(F)(F)F)NC(=O)OC(C)(C)C. The Kier molecular flexibility index (Phi) is 9.41. The Morgan fingerprint density at radius 2 is 1.78 bits per heavy atom. The molecule has 0 rings (SSSR count). The molecule has 0 saturated heterocycles. The fraction of sp³-hybridized carbons (Fsp3) is 0.857. The molecule has 0 aromatic rings. The molecular weight excluding hydrogens is 335 g/mol. The molecule has 0 saturated carbocycles. The summed E-state index contributed by atoms with van der Waals surface area (Å²) in [6.07, 6.45) is -5.43. The minimum atomic E-state index is -4.15. The Morgan fingerprint density at radius 1 is 1.17 bits per heavy atom. The van der Waals surface area contributed by atoms with Crippen molar-refractivity contribution in [1.29, 1.82) is 0 Å². The van der Waals surface area contributed by atoms with Gasteiger partial charge in [0, 0.05) is 6.42 Å². The van der Waals surface area contributed by atoms with Crippen molar-refractivity contribution < 1.29 is 32.2 Å². The second kappa shape index (κ2) is 9.89. The normalized spacial score (nSPS) is 13.3. The van der Waals surface area contributed by atoms with E-state index in [2.05, 4.69) is 10.1 Å². The summed E-state index contributed by atoms with van der Waals surface area (Å²) in [5, 5.41) is 2.41. The number of alkyl halides is 3. The lowest BCUT2D eigenvalue weighted by molar-refractivity contribution is -0.143. The predicted octanol–water partition coefficient (Wildman–Crippen LogP) is 3.52. The van der Waals surface area contributed by atoms with Gasteiger partial charge in [0.1, 0.15) is 11.6 Å². The standard InChI is InChI=1S/C14H24F3NO4S/c1-13(2,3)22-12(20)18-10(11(19)21-4)6-9-23-8-5-7-14(15,16)17/h10H,5-9H2,1-4H3,(H,18,20)/t10-/m0/s1. The van der Waals surface area contributed by atoms with E-state index in [1.807, 2.05) is 0 Å². The van der Waals surface area contributed by atoms with Crippen molar-refractivity contribution in [2.75, 3.05) is 18.6 Å². The van der Waals surface area contributed by atoms with Crippen LogP contribution in [0.1, 0.15) is 40.0 Å². The smallest absolute Gasteiger partial charge is 0.408 e. The first-order chi connectivity index (χ1) is 10.4. The molecule has 0 bridgehead atoms. The number of nitrogens with one attached hydrogen (secondary N) is 1. The summed E-state index contributed by atoms with van der Waals surface area (Å²) >= 11 is 1.29. The highest BCUT2D eigenvalue weighted by Gasteiger charge is 2.26. The zero-order chi connectivity index (χ0) is 18.1. The minimum absolute atomic E-state index is 0.0244. The Hall–Kier alpha value is -1.12. The van der Waals surface area contributed by atoms with Crippen molar-refractivity contribution in [3.63, 3.8) is 0 Å². The molecule has 1 N–H and O–H groups in total. The van der Waals surface area contributed by atoms with E-state index in [0.717, 1.165) is 0 Å². The first-order valence-corrected chi connectivity index (χ1v) is 8.32. The molecule has 0 aliphatic carbocycles. The number of hydrogen-bond donors (Lipinski definition) is 1. The summed E-state index contributed by atoms with van der Waals surface area (Å²) in [5.41, 5.74) is -0.697. The van der Waals surface area contributed by atoms with Gasteiger partial charge >= 0.3 is 18.2 Å². The fourth-order valence-electron chi connectivity index (χ4n) is 1.52. The van der Waals surface area contributed by atoms with Gasteiger partial charge in [0.15, 0.2) is 0 Å². The van der Waals surface area contributed by atoms with Crippen LogP contribution in [0.3, 0.4) is 0 Å². The summed E-state index contributed by atoms with van der Waals surface area (Å²) in [7, 11) is 1.20. The highest BCUT2D eigenvalue weighted by atomic mass is 32.2. The molecule has 0 radical (unpaired) electrons. The van der Waals surface area contributed by atoms with Crippen molar-refractivity contribution in [1.82, 2.24) is 5.32 Å². The first-order valence-electron chi connectivity index (χ1n) is 7.16. The van der Waals surface area contributed by atoms with Crippen LogP contribution in [0.15, 0.2) is 0 Å². The number of esters is 1. The van der Waals surface area contributed by atoms with Crippen LogP contribution in [0.4, 0.5) is 18.0 Å². The molecular formula is C14H24F3NO4S. The van der Waals surface area contributed by atoms with E-state index in [4.69, 9.17) is 4.74 Å². The third-order valence-electron chi connectivity index (χ3n) is 2.48. The van der Waals surface area contributed by atoms with Gasteiger partial charge in [-0.15, -0.1) is 0 Å². The second-order valence-corrected chi connectivity index (χ2v) is 7.07. The van der Waals surface area contributed by atoms with E-state index >= 15 is 0 Å². The van der Waals surface area contributed by atoms with Crippen molar-refractivity contribution >= 4 is 23.8 Å². The molecule has 0 unspecified atom stereocenters. The van der Waals surface area contributed by atoms with E-state index < -0.39 is 36.3 Å². The minimum Gasteiger partial charge on any atom is -0.467 e. The molecule has 23 heavy (non-hydrogen) atoms. The molecule has 0 aliphatic heterocycles. The lowest BCUT2D eigenvalue weighted by Crippen LogP contribution is -2.44. The zero-order valence-electron chi connectivity index (χ0n) is 13.8. The van der Waals surface area contributed by atoms with E-state index in [9.17, 15) is 22.8 Å². The molecule has 0 heterocycles. The molecule has 0 aromatic heterocycles. The predicted molar refractivity (Wildman–Crippen MR) is 82.4 cm³/mol. The average molecular weight is 359 g/mol. The molecule has 1 amide bonds. The van der Waals surface area contributed by atoms with Crippen LogP contribution in [0.5, 0.6) is 0 Å². The highest BCUT2D eigenvalue weighted by Crippen LogP contribution is 2.22. The van der Waals surface area contributed by atoms with Gasteiger partial charge in [-0.2, -0.15) is 24.9 Å². The van der Waals surface area contributed by atoms with Crippen molar-refractivity contribution in [2.45, 2.75) is 57.9 Å². The topological polar surface area (TPSA) is 64.6 Å². The van der Waals surface area contributed by atoms with Crippen molar-refractivity contribution in [2.24, 2.45) is 0 Å². The van der Waals surface area contributed by atoms with Crippen LogP contribution < -0.4 is 5.32 Å². The second-order valence-electron chi connectivity index (χ2n) is 5.84. The van der Waals surface area contributed by atoms with Crippen LogP contribution in [0, 0.1) is 0 Å². The summed E-state index contributed by atoms with van der Waals surface area (Å²) in [6.45, 7) is 5.07. The maximum absolute atomic E-state index is 12.0. The van der Waals surface area contributed by atoms with Gasteiger partial charge in [-0.3, -0.25) is 0 Å². The van der Waals surface area contributed by atoms with Crippen LogP contribution in [0.25, 0.3) is 0 Å². The van der Waals surface area contributed by atoms with Gasteiger partial charge in [0.25, 0.3) is 0 Å². The molecule has 136 valence electrons. The highest BCUT2D eigenvalue weighted by molar-refractivity contribution is 7.99. The van der Waals surface area contributed by atoms with Crippen LogP contribution in [-0.4, -0.2) is 48.5 Å². The quantitative estimate of drug-likeness (QED) is 0.531. The first kappa shape index (κ1) is 21.9.